The number of anilines is 3. The summed E-state index contributed by atoms with van der Waals surface area (Å²) in [6, 6.07) is 17.3. The molecule has 1 aliphatic rings. The van der Waals surface area contributed by atoms with E-state index in [4.69, 9.17) is 11.6 Å². The summed E-state index contributed by atoms with van der Waals surface area (Å²) in [5.74, 6) is -0.227. The van der Waals surface area contributed by atoms with Crippen molar-refractivity contribution in [1.29, 1.82) is 0 Å². The molecule has 2 aromatic carbocycles. The van der Waals surface area contributed by atoms with Gasteiger partial charge >= 0.3 is 0 Å². The van der Waals surface area contributed by atoms with Crippen molar-refractivity contribution < 1.29 is 4.79 Å². The van der Waals surface area contributed by atoms with Crippen LogP contribution in [-0.2, 0) is 6.42 Å². The monoisotopic (exact) mass is 349 g/mol. The minimum atomic E-state index is -0.227. The number of amides is 1. The Balaban J connectivity index is 1.60. The number of aromatic nitrogens is 1. The van der Waals surface area contributed by atoms with E-state index in [1.807, 2.05) is 30.3 Å². The van der Waals surface area contributed by atoms with Gasteiger partial charge in [0, 0.05) is 18.4 Å². The van der Waals surface area contributed by atoms with Gasteiger partial charge in [0.2, 0.25) is 0 Å². The Morgan fingerprint density at radius 1 is 1.08 bits per heavy atom. The van der Waals surface area contributed by atoms with E-state index < -0.39 is 0 Å². The lowest BCUT2D eigenvalue weighted by Gasteiger charge is -2.19. The summed E-state index contributed by atoms with van der Waals surface area (Å²) in [5, 5.41) is 3.34. The molecule has 4 rings (SSSR count). The van der Waals surface area contributed by atoms with Crippen molar-refractivity contribution in [1.82, 2.24) is 4.98 Å². The van der Waals surface area contributed by atoms with Crippen molar-refractivity contribution in [2.45, 2.75) is 6.42 Å². The number of hydrogen-bond donors (Lipinski definition) is 1. The number of para-hydroxylation sites is 2. The number of fused-ring (bicyclic) bond motifs is 1. The summed E-state index contributed by atoms with van der Waals surface area (Å²) in [6.45, 7) is 0.886. The van der Waals surface area contributed by atoms with Crippen LogP contribution in [0.4, 0.5) is 17.1 Å². The molecule has 0 saturated heterocycles. The van der Waals surface area contributed by atoms with E-state index >= 15 is 0 Å². The summed E-state index contributed by atoms with van der Waals surface area (Å²) >= 11 is 6.11. The van der Waals surface area contributed by atoms with Gasteiger partial charge in [0.05, 0.1) is 28.2 Å². The average Bonchev–Trinajstić information content (AvgIpc) is 3.08. The maximum absolute atomic E-state index is 12.6. The second kappa shape index (κ2) is 6.57. The molecule has 5 heteroatoms. The molecule has 25 heavy (non-hydrogen) atoms. The first-order valence-electron chi connectivity index (χ1n) is 8.09. The van der Waals surface area contributed by atoms with E-state index in [0.717, 1.165) is 18.7 Å². The predicted molar refractivity (Wildman–Crippen MR) is 101 cm³/mol. The van der Waals surface area contributed by atoms with Crippen molar-refractivity contribution in [3.63, 3.8) is 0 Å². The molecular weight excluding hydrogens is 334 g/mol. The maximum atomic E-state index is 12.6. The summed E-state index contributed by atoms with van der Waals surface area (Å²) < 4.78 is 0. The van der Waals surface area contributed by atoms with Gasteiger partial charge in [0.25, 0.3) is 5.91 Å². The Hall–Kier alpha value is -2.85. The van der Waals surface area contributed by atoms with Crippen LogP contribution in [0.2, 0.25) is 5.02 Å². The fourth-order valence-electron chi connectivity index (χ4n) is 3.06. The van der Waals surface area contributed by atoms with Gasteiger partial charge in [-0.05, 0) is 36.2 Å². The lowest BCUT2D eigenvalue weighted by Crippen LogP contribution is -2.16. The molecule has 1 aliphatic heterocycles. The first kappa shape index (κ1) is 15.7. The standard InChI is InChI=1S/C20H16ClN3O/c21-17-6-2-3-7-18(17)23-20(25)15-11-16(13-22-12-15)24-10-9-14-5-1-4-8-19(14)24/h1-8,11-13H,9-10H2,(H,23,25). The molecular formula is C20H16ClN3O. The molecule has 0 unspecified atom stereocenters. The van der Waals surface area contributed by atoms with Gasteiger partial charge in [-0.15, -0.1) is 0 Å². The Kier molecular flexibility index (Phi) is 4.12. The smallest absolute Gasteiger partial charge is 0.257 e. The van der Waals surface area contributed by atoms with Crippen LogP contribution in [0.1, 0.15) is 15.9 Å². The fourth-order valence-corrected chi connectivity index (χ4v) is 3.25. The van der Waals surface area contributed by atoms with Crippen LogP contribution in [0.15, 0.2) is 67.0 Å². The van der Waals surface area contributed by atoms with E-state index in [2.05, 4.69) is 27.3 Å². The Morgan fingerprint density at radius 2 is 1.88 bits per heavy atom. The molecule has 1 aromatic heterocycles. The molecule has 0 spiro atoms. The summed E-state index contributed by atoms with van der Waals surface area (Å²) in [6.07, 6.45) is 4.35. The van der Waals surface area contributed by atoms with Gasteiger partial charge in [-0.25, -0.2) is 0 Å². The minimum absolute atomic E-state index is 0.227. The number of carbonyl (C=O) groups excluding carboxylic acids is 1. The highest BCUT2D eigenvalue weighted by Crippen LogP contribution is 2.34. The second-order valence-corrected chi connectivity index (χ2v) is 6.30. The molecule has 2 heterocycles. The molecule has 0 saturated carbocycles. The number of carbonyl (C=O) groups is 1. The third-order valence-corrected chi connectivity index (χ3v) is 4.64. The Labute approximate surface area is 151 Å². The molecule has 1 N–H and O–H groups in total. The van der Waals surface area contributed by atoms with Crippen LogP contribution in [0.25, 0.3) is 0 Å². The van der Waals surface area contributed by atoms with E-state index in [1.54, 1.807) is 24.5 Å². The summed E-state index contributed by atoms with van der Waals surface area (Å²) in [4.78, 5) is 19.0. The topological polar surface area (TPSA) is 45.2 Å². The quantitative estimate of drug-likeness (QED) is 0.746. The largest absolute Gasteiger partial charge is 0.340 e. The lowest BCUT2D eigenvalue weighted by atomic mass is 10.2. The van der Waals surface area contributed by atoms with Gasteiger partial charge in [0.15, 0.2) is 0 Å². The normalized spacial score (nSPS) is 12.8. The highest BCUT2D eigenvalue weighted by atomic mass is 35.5. The van der Waals surface area contributed by atoms with Crippen LogP contribution >= 0.6 is 11.6 Å². The highest BCUT2D eigenvalue weighted by Gasteiger charge is 2.21. The lowest BCUT2D eigenvalue weighted by molar-refractivity contribution is 0.102. The van der Waals surface area contributed by atoms with Crippen molar-refractivity contribution in [3.05, 3.63) is 83.1 Å². The Morgan fingerprint density at radius 3 is 2.76 bits per heavy atom. The molecule has 0 fully saturated rings. The molecule has 0 bridgehead atoms. The van der Waals surface area contributed by atoms with Crippen LogP contribution < -0.4 is 10.2 Å². The molecule has 4 nitrogen and oxygen atoms in total. The van der Waals surface area contributed by atoms with Crippen LogP contribution in [0.3, 0.4) is 0 Å². The zero-order chi connectivity index (χ0) is 17.2. The number of halogens is 1. The third kappa shape index (κ3) is 3.08. The molecule has 0 radical (unpaired) electrons. The number of pyridine rings is 1. The highest BCUT2D eigenvalue weighted by molar-refractivity contribution is 6.33. The summed E-state index contributed by atoms with van der Waals surface area (Å²) in [7, 11) is 0. The number of nitrogens with one attached hydrogen (secondary N) is 1. The van der Waals surface area contributed by atoms with Gasteiger partial charge in [0.1, 0.15) is 0 Å². The first-order chi connectivity index (χ1) is 12.2. The molecule has 1 amide bonds. The Bertz CT molecular complexity index is 941. The van der Waals surface area contributed by atoms with E-state index in [-0.39, 0.29) is 5.91 Å². The predicted octanol–water partition coefficient (Wildman–Crippen LogP) is 4.68. The van der Waals surface area contributed by atoms with Gasteiger partial charge in [-0.1, -0.05) is 41.9 Å². The third-order valence-electron chi connectivity index (χ3n) is 4.31. The fraction of sp³-hybridized carbons (Fsp3) is 0.100. The van der Waals surface area contributed by atoms with Crippen LogP contribution in [0, 0.1) is 0 Å². The van der Waals surface area contributed by atoms with Gasteiger partial charge in [-0.2, -0.15) is 0 Å². The van der Waals surface area contributed by atoms with Crippen LogP contribution in [-0.4, -0.2) is 17.4 Å². The molecule has 0 aliphatic carbocycles. The number of rotatable bonds is 3. The molecule has 3 aromatic rings. The number of benzene rings is 2. The summed E-state index contributed by atoms with van der Waals surface area (Å²) in [5.41, 5.74) is 4.49. The first-order valence-corrected chi connectivity index (χ1v) is 8.46. The SMILES string of the molecule is O=C(Nc1ccccc1Cl)c1cncc(N2CCc3ccccc32)c1. The zero-order valence-corrected chi connectivity index (χ0v) is 14.2. The van der Waals surface area contributed by atoms with Gasteiger partial charge < -0.3 is 10.2 Å². The van der Waals surface area contributed by atoms with Crippen molar-refractivity contribution >= 4 is 34.6 Å². The minimum Gasteiger partial charge on any atom is -0.340 e. The number of hydrogen-bond acceptors (Lipinski definition) is 3. The second-order valence-electron chi connectivity index (χ2n) is 5.90. The van der Waals surface area contributed by atoms with E-state index in [0.29, 0.717) is 16.3 Å². The maximum Gasteiger partial charge on any atom is 0.257 e. The van der Waals surface area contributed by atoms with Crippen molar-refractivity contribution in [2.24, 2.45) is 0 Å². The average molecular weight is 350 g/mol. The van der Waals surface area contributed by atoms with Crippen LogP contribution in [0.5, 0.6) is 0 Å². The van der Waals surface area contributed by atoms with Crippen molar-refractivity contribution in [3.8, 4) is 0 Å². The molecule has 124 valence electrons. The van der Waals surface area contributed by atoms with E-state index in [9.17, 15) is 4.79 Å². The van der Waals surface area contributed by atoms with Crippen molar-refractivity contribution in [2.75, 3.05) is 16.8 Å². The molecule has 0 atom stereocenters. The van der Waals surface area contributed by atoms with E-state index in [1.165, 1.54) is 11.3 Å². The zero-order valence-electron chi connectivity index (χ0n) is 13.4. The van der Waals surface area contributed by atoms with Gasteiger partial charge in [-0.3, -0.25) is 9.78 Å². The number of nitrogens with zero attached hydrogens (tertiary/aromatic N) is 2.